The Morgan fingerprint density at radius 1 is 1.35 bits per heavy atom. The Morgan fingerprint density at radius 3 is 2.50 bits per heavy atom. The van der Waals surface area contributed by atoms with E-state index in [0.29, 0.717) is 23.4 Å². The van der Waals surface area contributed by atoms with Gasteiger partial charge in [0.1, 0.15) is 5.75 Å². The Kier molecular flexibility index (Phi) is 3.54. The molecule has 1 aromatic rings. The van der Waals surface area contributed by atoms with E-state index >= 15 is 0 Å². The quantitative estimate of drug-likeness (QED) is 0.681. The van der Waals surface area contributed by atoms with Gasteiger partial charge in [-0.25, -0.2) is 0 Å². The van der Waals surface area contributed by atoms with Crippen LogP contribution in [0.1, 0.15) is 44.5 Å². The second kappa shape index (κ2) is 4.77. The summed E-state index contributed by atoms with van der Waals surface area (Å²) in [6.07, 6.45) is 0.690. The second-order valence-electron chi connectivity index (χ2n) is 6.51. The van der Waals surface area contributed by atoms with Gasteiger partial charge in [0.2, 0.25) is 0 Å². The molecule has 0 spiro atoms. The van der Waals surface area contributed by atoms with Crippen molar-refractivity contribution in [3.8, 4) is 5.75 Å². The summed E-state index contributed by atoms with van der Waals surface area (Å²) in [7, 11) is 1.55. The van der Waals surface area contributed by atoms with E-state index in [4.69, 9.17) is 15.2 Å². The number of hydrogen-bond donors (Lipinski definition) is 1. The van der Waals surface area contributed by atoms with Crippen LogP contribution in [-0.2, 0) is 4.74 Å². The number of hydrogen-bond acceptors (Lipinski definition) is 4. The lowest BCUT2D eigenvalue weighted by Crippen LogP contribution is -2.34. The Balaban J connectivity index is 2.38. The predicted octanol–water partition coefficient (Wildman–Crippen LogP) is 3.05. The molecule has 4 heteroatoms. The SMILES string of the molecule is COc1cccc(C(=O)C2CC(C)(C)OC2(C)C)c1N. The van der Waals surface area contributed by atoms with Crippen LogP contribution in [0.3, 0.4) is 0 Å². The number of nitrogens with two attached hydrogens (primary N) is 1. The van der Waals surface area contributed by atoms with Gasteiger partial charge in [-0.3, -0.25) is 4.79 Å². The van der Waals surface area contributed by atoms with Gasteiger partial charge in [-0.15, -0.1) is 0 Å². The molecule has 1 unspecified atom stereocenters. The van der Waals surface area contributed by atoms with Gasteiger partial charge in [0, 0.05) is 5.56 Å². The van der Waals surface area contributed by atoms with Gasteiger partial charge < -0.3 is 15.2 Å². The third-order valence-electron chi connectivity index (χ3n) is 3.94. The zero-order chi connectivity index (χ0) is 15.1. The van der Waals surface area contributed by atoms with E-state index in [1.165, 1.54) is 0 Å². The molecule has 1 aliphatic heterocycles. The summed E-state index contributed by atoms with van der Waals surface area (Å²) in [5.41, 5.74) is 6.17. The smallest absolute Gasteiger partial charge is 0.171 e. The van der Waals surface area contributed by atoms with E-state index in [2.05, 4.69) is 0 Å². The summed E-state index contributed by atoms with van der Waals surface area (Å²) in [5, 5.41) is 0. The highest BCUT2D eigenvalue weighted by atomic mass is 16.5. The minimum atomic E-state index is -0.490. The van der Waals surface area contributed by atoms with Gasteiger partial charge in [0.05, 0.1) is 29.9 Å². The number of anilines is 1. The molecular weight excluding hydrogens is 254 g/mol. The number of Topliss-reactive ketones (excluding diaryl/α,β-unsaturated/α-hetero) is 1. The zero-order valence-electron chi connectivity index (χ0n) is 12.8. The average Bonchev–Trinajstić information content (AvgIpc) is 2.57. The molecule has 0 bridgehead atoms. The Morgan fingerprint density at radius 2 is 2.00 bits per heavy atom. The molecule has 0 radical (unpaired) electrons. The van der Waals surface area contributed by atoms with Crippen molar-refractivity contribution in [3.63, 3.8) is 0 Å². The highest BCUT2D eigenvalue weighted by Crippen LogP contribution is 2.44. The van der Waals surface area contributed by atoms with Gasteiger partial charge in [-0.1, -0.05) is 6.07 Å². The molecule has 1 fully saturated rings. The third-order valence-corrected chi connectivity index (χ3v) is 3.94. The Bertz CT molecular complexity index is 535. The van der Waals surface area contributed by atoms with E-state index < -0.39 is 5.60 Å². The number of benzene rings is 1. The van der Waals surface area contributed by atoms with Crippen LogP contribution in [0.5, 0.6) is 5.75 Å². The van der Waals surface area contributed by atoms with Crippen LogP contribution in [0.15, 0.2) is 18.2 Å². The van der Waals surface area contributed by atoms with Crippen molar-refractivity contribution in [2.45, 2.75) is 45.3 Å². The summed E-state index contributed by atoms with van der Waals surface area (Å²) in [6, 6.07) is 5.30. The average molecular weight is 277 g/mol. The van der Waals surface area contributed by atoms with Crippen LogP contribution in [0.2, 0.25) is 0 Å². The summed E-state index contributed by atoms with van der Waals surface area (Å²) < 4.78 is 11.2. The number of ketones is 1. The number of nitrogen functional groups attached to an aromatic ring is 1. The molecule has 1 aromatic carbocycles. The van der Waals surface area contributed by atoms with E-state index in [-0.39, 0.29) is 17.3 Å². The molecule has 1 atom stereocenters. The van der Waals surface area contributed by atoms with Crippen LogP contribution < -0.4 is 10.5 Å². The first-order valence-corrected chi connectivity index (χ1v) is 6.85. The van der Waals surface area contributed by atoms with Crippen molar-refractivity contribution >= 4 is 11.5 Å². The van der Waals surface area contributed by atoms with Crippen LogP contribution >= 0.6 is 0 Å². The molecule has 0 aromatic heterocycles. The summed E-state index contributed by atoms with van der Waals surface area (Å²) in [4.78, 5) is 12.8. The monoisotopic (exact) mass is 277 g/mol. The van der Waals surface area contributed by atoms with Crippen molar-refractivity contribution < 1.29 is 14.3 Å². The van der Waals surface area contributed by atoms with Gasteiger partial charge in [-0.05, 0) is 46.2 Å². The van der Waals surface area contributed by atoms with Crippen molar-refractivity contribution in [1.29, 1.82) is 0 Å². The first-order valence-electron chi connectivity index (χ1n) is 6.85. The second-order valence-corrected chi connectivity index (χ2v) is 6.51. The Labute approximate surface area is 120 Å². The standard InChI is InChI=1S/C16H23NO3/c1-15(2)9-11(16(3,4)20-15)14(18)10-7-6-8-12(19-5)13(10)17/h6-8,11H,9,17H2,1-5H3. The van der Waals surface area contributed by atoms with Gasteiger partial charge >= 0.3 is 0 Å². The van der Waals surface area contributed by atoms with Crippen LogP contribution in [0, 0.1) is 5.92 Å². The number of carbonyl (C=O) groups is 1. The van der Waals surface area contributed by atoms with Gasteiger partial charge in [0.25, 0.3) is 0 Å². The number of methoxy groups -OCH3 is 1. The molecule has 4 nitrogen and oxygen atoms in total. The molecular formula is C16H23NO3. The lowest BCUT2D eigenvalue weighted by Gasteiger charge is -2.27. The minimum absolute atomic E-state index is 0.0250. The van der Waals surface area contributed by atoms with E-state index in [1.807, 2.05) is 27.7 Å². The molecule has 0 saturated carbocycles. The minimum Gasteiger partial charge on any atom is -0.495 e. The lowest BCUT2D eigenvalue weighted by molar-refractivity contribution is -0.0712. The molecule has 0 amide bonds. The molecule has 2 rings (SSSR count). The largest absolute Gasteiger partial charge is 0.495 e. The topological polar surface area (TPSA) is 61.5 Å². The van der Waals surface area contributed by atoms with Crippen LogP contribution in [0.4, 0.5) is 5.69 Å². The van der Waals surface area contributed by atoms with Crippen LogP contribution in [-0.4, -0.2) is 24.1 Å². The van der Waals surface area contributed by atoms with Crippen LogP contribution in [0.25, 0.3) is 0 Å². The molecule has 20 heavy (non-hydrogen) atoms. The fourth-order valence-electron chi connectivity index (χ4n) is 3.10. The molecule has 1 aliphatic rings. The number of carbonyl (C=O) groups excluding carboxylic acids is 1. The third kappa shape index (κ3) is 2.52. The van der Waals surface area contributed by atoms with Crippen molar-refractivity contribution in [2.75, 3.05) is 12.8 Å². The summed E-state index contributed by atoms with van der Waals surface area (Å²) >= 11 is 0. The molecule has 1 saturated heterocycles. The van der Waals surface area contributed by atoms with Crippen molar-refractivity contribution in [1.82, 2.24) is 0 Å². The number of ether oxygens (including phenoxy) is 2. The Hall–Kier alpha value is -1.55. The van der Waals surface area contributed by atoms with E-state index in [0.717, 1.165) is 0 Å². The molecule has 110 valence electrons. The number of rotatable bonds is 3. The van der Waals surface area contributed by atoms with Crippen molar-refractivity contribution in [2.24, 2.45) is 5.92 Å². The normalized spacial score (nSPS) is 23.6. The number of para-hydroxylation sites is 1. The highest BCUT2D eigenvalue weighted by molar-refractivity contribution is 6.04. The molecule has 2 N–H and O–H groups in total. The predicted molar refractivity (Wildman–Crippen MR) is 79.1 cm³/mol. The maximum absolute atomic E-state index is 12.8. The maximum atomic E-state index is 12.8. The summed E-state index contributed by atoms with van der Waals surface area (Å²) in [6.45, 7) is 7.94. The summed E-state index contributed by atoms with van der Waals surface area (Å²) in [5.74, 6) is 0.357. The van der Waals surface area contributed by atoms with Gasteiger partial charge in [0.15, 0.2) is 5.78 Å². The van der Waals surface area contributed by atoms with E-state index in [9.17, 15) is 4.79 Å². The zero-order valence-corrected chi connectivity index (χ0v) is 12.8. The lowest BCUT2D eigenvalue weighted by atomic mass is 9.81. The fourth-order valence-corrected chi connectivity index (χ4v) is 3.10. The molecule has 1 heterocycles. The highest BCUT2D eigenvalue weighted by Gasteiger charge is 2.49. The maximum Gasteiger partial charge on any atom is 0.171 e. The van der Waals surface area contributed by atoms with E-state index in [1.54, 1.807) is 25.3 Å². The van der Waals surface area contributed by atoms with Gasteiger partial charge in [-0.2, -0.15) is 0 Å². The van der Waals surface area contributed by atoms with Crippen molar-refractivity contribution in [3.05, 3.63) is 23.8 Å². The first-order chi connectivity index (χ1) is 9.18. The first kappa shape index (κ1) is 14.9. The molecule has 0 aliphatic carbocycles. The fraction of sp³-hybridized carbons (Fsp3) is 0.562.